The largest absolute Gasteiger partial charge is 0.497 e. The fourth-order valence-corrected chi connectivity index (χ4v) is 3.05. The molecule has 0 radical (unpaired) electrons. The summed E-state index contributed by atoms with van der Waals surface area (Å²) in [6.45, 7) is 0.338. The molecule has 2 amide bonds. The quantitative estimate of drug-likeness (QED) is 0.846. The van der Waals surface area contributed by atoms with E-state index in [4.69, 9.17) is 14.2 Å². The lowest BCUT2D eigenvalue weighted by molar-refractivity contribution is -0.122. The molecular weight excluding hydrogens is 348 g/mol. The Kier molecular flexibility index (Phi) is 5.49. The summed E-state index contributed by atoms with van der Waals surface area (Å²) < 4.78 is 15.6. The normalized spacial score (nSPS) is 16.2. The van der Waals surface area contributed by atoms with Crippen LogP contribution in [-0.4, -0.2) is 39.7 Å². The second-order valence-electron chi connectivity index (χ2n) is 6.16. The molecule has 0 aliphatic carbocycles. The zero-order chi connectivity index (χ0) is 19.4. The molecule has 1 saturated heterocycles. The molecule has 1 heterocycles. The lowest BCUT2D eigenvalue weighted by Crippen LogP contribution is -2.28. The molecule has 7 heteroatoms. The fraction of sp³-hybridized carbons (Fsp3) is 0.300. The minimum Gasteiger partial charge on any atom is -0.497 e. The molecule has 0 bridgehead atoms. The summed E-state index contributed by atoms with van der Waals surface area (Å²) in [5.41, 5.74) is 1.34. The molecule has 1 unspecified atom stereocenters. The number of anilines is 2. The molecule has 1 atom stereocenters. The molecule has 27 heavy (non-hydrogen) atoms. The molecule has 1 aliphatic heterocycles. The molecule has 1 aliphatic rings. The van der Waals surface area contributed by atoms with E-state index in [9.17, 15) is 9.59 Å². The van der Waals surface area contributed by atoms with Gasteiger partial charge in [-0.15, -0.1) is 0 Å². The second kappa shape index (κ2) is 7.99. The van der Waals surface area contributed by atoms with Crippen molar-refractivity contribution in [1.82, 2.24) is 0 Å². The number of carbonyl (C=O) groups is 2. The summed E-state index contributed by atoms with van der Waals surface area (Å²) in [6, 6.07) is 12.3. The van der Waals surface area contributed by atoms with Crippen LogP contribution in [0, 0.1) is 5.92 Å². The van der Waals surface area contributed by atoms with Crippen LogP contribution in [0.15, 0.2) is 42.5 Å². The van der Waals surface area contributed by atoms with Gasteiger partial charge in [0.2, 0.25) is 11.8 Å². The number of amides is 2. The molecule has 7 nitrogen and oxygen atoms in total. The number of ether oxygens (including phenoxy) is 3. The van der Waals surface area contributed by atoms with Gasteiger partial charge in [-0.05, 0) is 36.4 Å². The zero-order valence-electron chi connectivity index (χ0n) is 15.5. The molecule has 1 fully saturated rings. The smallest absolute Gasteiger partial charge is 0.229 e. The number of benzene rings is 2. The van der Waals surface area contributed by atoms with Gasteiger partial charge >= 0.3 is 0 Å². The molecular formula is C20H22N2O5. The van der Waals surface area contributed by atoms with Crippen LogP contribution in [0.25, 0.3) is 0 Å². The van der Waals surface area contributed by atoms with Gasteiger partial charge < -0.3 is 24.4 Å². The summed E-state index contributed by atoms with van der Waals surface area (Å²) in [6.07, 6.45) is 0.172. The number of nitrogens with one attached hydrogen (secondary N) is 1. The van der Waals surface area contributed by atoms with E-state index in [0.717, 1.165) is 5.69 Å². The van der Waals surface area contributed by atoms with Gasteiger partial charge in [-0.2, -0.15) is 0 Å². The molecule has 1 N–H and O–H groups in total. The first-order valence-electron chi connectivity index (χ1n) is 8.53. The van der Waals surface area contributed by atoms with E-state index >= 15 is 0 Å². The minimum atomic E-state index is -0.423. The van der Waals surface area contributed by atoms with Crippen molar-refractivity contribution in [2.45, 2.75) is 6.42 Å². The first kappa shape index (κ1) is 18.6. The zero-order valence-corrected chi connectivity index (χ0v) is 15.5. The Morgan fingerprint density at radius 1 is 1.00 bits per heavy atom. The third-order valence-corrected chi connectivity index (χ3v) is 4.53. The van der Waals surface area contributed by atoms with Crippen molar-refractivity contribution >= 4 is 23.2 Å². The molecule has 0 aromatic heterocycles. The number of methoxy groups -OCH3 is 3. The van der Waals surface area contributed by atoms with Gasteiger partial charge in [-0.1, -0.05) is 0 Å². The van der Waals surface area contributed by atoms with E-state index in [1.807, 2.05) is 12.1 Å². The lowest BCUT2D eigenvalue weighted by Gasteiger charge is -2.17. The first-order chi connectivity index (χ1) is 13.0. The summed E-state index contributed by atoms with van der Waals surface area (Å²) in [4.78, 5) is 26.6. The van der Waals surface area contributed by atoms with E-state index in [-0.39, 0.29) is 18.2 Å². The van der Waals surface area contributed by atoms with Crippen LogP contribution in [-0.2, 0) is 9.59 Å². The Hall–Kier alpha value is -3.22. The molecule has 3 rings (SSSR count). The van der Waals surface area contributed by atoms with Crippen LogP contribution < -0.4 is 24.4 Å². The van der Waals surface area contributed by atoms with Crippen LogP contribution in [0.3, 0.4) is 0 Å². The van der Waals surface area contributed by atoms with Crippen LogP contribution in [0.4, 0.5) is 11.4 Å². The van der Waals surface area contributed by atoms with Crippen molar-refractivity contribution in [2.24, 2.45) is 5.92 Å². The SMILES string of the molecule is COc1ccc(N2CC(C(=O)Nc3ccc(OC)c(OC)c3)CC2=O)cc1. The minimum absolute atomic E-state index is 0.0763. The van der Waals surface area contributed by atoms with Crippen molar-refractivity contribution in [2.75, 3.05) is 38.1 Å². The predicted octanol–water partition coefficient (Wildman–Crippen LogP) is 2.70. The maximum atomic E-state index is 12.6. The van der Waals surface area contributed by atoms with Crippen molar-refractivity contribution in [3.63, 3.8) is 0 Å². The summed E-state index contributed by atoms with van der Waals surface area (Å²) in [5, 5.41) is 2.85. The van der Waals surface area contributed by atoms with Gasteiger partial charge in [-0.25, -0.2) is 0 Å². The molecule has 2 aromatic rings. The van der Waals surface area contributed by atoms with Gasteiger partial charge in [0.25, 0.3) is 0 Å². The maximum Gasteiger partial charge on any atom is 0.229 e. The maximum absolute atomic E-state index is 12.6. The van der Waals surface area contributed by atoms with E-state index in [1.54, 1.807) is 49.5 Å². The molecule has 0 saturated carbocycles. The Morgan fingerprint density at radius 3 is 2.33 bits per heavy atom. The third kappa shape index (κ3) is 3.97. The van der Waals surface area contributed by atoms with Crippen molar-refractivity contribution in [3.05, 3.63) is 42.5 Å². The lowest BCUT2D eigenvalue weighted by atomic mass is 10.1. The van der Waals surface area contributed by atoms with Gasteiger partial charge in [0.15, 0.2) is 11.5 Å². The van der Waals surface area contributed by atoms with Crippen LogP contribution in [0.2, 0.25) is 0 Å². The van der Waals surface area contributed by atoms with E-state index in [2.05, 4.69) is 5.32 Å². The molecule has 142 valence electrons. The van der Waals surface area contributed by atoms with E-state index < -0.39 is 5.92 Å². The first-order valence-corrected chi connectivity index (χ1v) is 8.53. The van der Waals surface area contributed by atoms with Gasteiger partial charge in [0.1, 0.15) is 5.75 Å². The number of hydrogen-bond donors (Lipinski definition) is 1. The van der Waals surface area contributed by atoms with Crippen LogP contribution in [0.5, 0.6) is 17.2 Å². The van der Waals surface area contributed by atoms with E-state index in [0.29, 0.717) is 29.5 Å². The van der Waals surface area contributed by atoms with Gasteiger partial charge in [-0.3, -0.25) is 9.59 Å². The van der Waals surface area contributed by atoms with Crippen molar-refractivity contribution < 1.29 is 23.8 Å². The van der Waals surface area contributed by atoms with Crippen molar-refractivity contribution in [1.29, 1.82) is 0 Å². The number of hydrogen-bond acceptors (Lipinski definition) is 5. The highest BCUT2D eigenvalue weighted by molar-refractivity contribution is 6.03. The Morgan fingerprint density at radius 2 is 1.70 bits per heavy atom. The highest BCUT2D eigenvalue weighted by Crippen LogP contribution is 2.31. The molecule has 0 spiro atoms. The van der Waals surface area contributed by atoms with Crippen LogP contribution >= 0.6 is 0 Å². The van der Waals surface area contributed by atoms with E-state index in [1.165, 1.54) is 7.11 Å². The topological polar surface area (TPSA) is 77.1 Å². The Balaban J connectivity index is 1.68. The van der Waals surface area contributed by atoms with Gasteiger partial charge in [0, 0.05) is 30.4 Å². The number of nitrogens with zero attached hydrogens (tertiary/aromatic N) is 1. The number of carbonyl (C=O) groups excluding carboxylic acids is 2. The Bertz CT molecular complexity index is 835. The highest BCUT2D eigenvalue weighted by Gasteiger charge is 2.35. The van der Waals surface area contributed by atoms with Crippen LogP contribution in [0.1, 0.15) is 6.42 Å². The standard InChI is InChI=1S/C20H22N2O5/c1-25-16-7-5-15(6-8-16)22-12-13(10-19(22)23)20(24)21-14-4-9-17(26-2)18(11-14)27-3/h4-9,11,13H,10,12H2,1-3H3,(H,21,24). The van der Waals surface area contributed by atoms with Gasteiger partial charge in [0.05, 0.1) is 27.2 Å². The summed E-state index contributed by atoms with van der Waals surface area (Å²) in [5.74, 6) is 1.12. The monoisotopic (exact) mass is 370 g/mol. The summed E-state index contributed by atoms with van der Waals surface area (Å²) in [7, 11) is 4.67. The highest BCUT2D eigenvalue weighted by atomic mass is 16.5. The predicted molar refractivity (Wildman–Crippen MR) is 102 cm³/mol. The second-order valence-corrected chi connectivity index (χ2v) is 6.16. The molecule has 2 aromatic carbocycles. The van der Waals surface area contributed by atoms with Crippen molar-refractivity contribution in [3.8, 4) is 17.2 Å². The average Bonchev–Trinajstić information content (AvgIpc) is 3.09. The fourth-order valence-electron chi connectivity index (χ4n) is 3.05. The summed E-state index contributed by atoms with van der Waals surface area (Å²) >= 11 is 0. The Labute approximate surface area is 157 Å². The third-order valence-electron chi connectivity index (χ3n) is 4.53. The number of rotatable bonds is 6. The average molecular weight is 370 g/mol.